The van der Waals surface area contributed by atoms with Crippen molar-refractivity contribution in [3.63, 3.8) is 0 Å². The van der Waals surface area contributed by atoms with Crippen LogP contribution < -0.4 is 10.6 Å². The first-order valence-corrected chi connectivity index (χ1v) is 18.3. The lowest BCUT2D eigenvalue weighted by atomic mass is 9.43. The van der Waals surface area contributed by atoms with Crippen molar-refractivity contribution in [2.24, 2.45) is 29.1 Å². The maximum Gasteiger partial charge on any atom is 0.481 e. The third-order valence-corrected chi connectivity index (χ3v) is 11.1. The quantitative estimate of drug-likeness (QED) is 0.0966. The van der Waals surface area contributed by atoms with Gasteiger partial charge < -0.3 is 19.9 Å². The molecule has 0 unspecified atom stereocenters. The van der Waals surface area contributed by atoms with Gasteiger partial charge in [-0.05, 0) is 68.6 Å². The van der Waals surface area contributed by atoms with Gasteiger partial charge in [0.25, 0.3) is 0 Å². The molecule has 0 aromatic carbocycles. The highest BCUT2D eigenvalue weighted by atomic mass is 16.7. The number of hydrogen-bond donors (Lipinski definition) is 2. The summed E-state index contributed by atoms with van der Waals surface area (Å²) in [4.78, 5) is 39.6. The number of amides is 2. The molecular weight excluding hydrogens is 551 g/mol. The number of rotatable bonds is 22. The minimum Gasteiger partial charge on any atom is -0.404 e. The van der Waals surface area contributed by atoms with Crippen molar-refractivity contribution in [1.29, 1.82) is 0 Å². The molecule has 7 nitrogen and oxygen atoms in total. The minimum atomic E-state index is -0.533. The predicted octanol–water partition coefficient (Wildman–Crippen LogP) is 7.59. The van der Waals surface area contributed by atoms with Crippen LogP contribution in [0.5, 0.6) is 0 Å². The number of carbonyl (C=O) groups is 3. The van der Waals surface area contributed by atoms with E-state index in [1.165, 1.54) is 32.1 Å². The fourth-order valence-corrected chi connectivity index (χ4v) is 8.10. The lowest BCUT2D eigenvalue weighted by Gasteiger charge is -2.64. The molecule has 2 bridgehead atoms. The Morgan fingerprint density at radius 1 is 0.886 bits per heavy atom. The van der Waals surface area contributed by atoms with E-state index in [9.17, 15) is 14.4 Å². The molecule has 0 aromatic rings. The Kier molecular flexibility index (Phi) is 14.7. The van der Waals surface area contributed by atoms with Gasteiger partial charge in [-0.15, -0.1) is 0 Å². The minimum absolute atomic E-state index is 0.0433. The molecule has 1 aliphatic heterocycles. The summed E-state index contributed by atoms with van der Waals surface area (Å²) < 4.78 is 13.3. The van der Waals surface area contributed by atoms with Crippen molar-refractivity contribution in [2.75, 3.05) is 6.54 Å². The third-order valence-electron chi connectivity index (χ3n) is 11.1. The Morgan fingerprint density at radius 3 is 2.20 bits per heavy atom. The van der Waals surface area contributed by atoms with E-state index < -0.39 is 13.0 Å². The van der Waals surface area contributed by atoms with Crippen LogP contribution in [0.1, 0.15) is 158 Å². The van der Waals surface area contributed by atoms with Crippen LogP contribution in [-0.4, -0.2) is 48.9 Å². The molecule has 0 radical (unpaired) electrons. The van der Waals surface area contributed by atoms with Crippen LogP contribution in [0, 0.1) is 29.1 Å². The Morgan fingerprint density at radius 2 is 1.55 bits per heavy atom. The van der Waals surface area contributed by atoms with E-state index in [0.29, 0.717) is 37.1 Å². The molecule has 3 saturated carbocycles. The lowest BCUT2D eigenvalue weighted by Crippen LogP contribution is -2.65. The predicted molar refractivity (Wildman–Crippen MR) is 179 cm³/mol. The molecule has 8 heteroatoms. The summed E-state index contributed by atoms with van der Waals surface area (Å²) in [7, 11) is -0.502. The van der Waals surface area contributed by atoms with Crippen LogP contribution in [0.15, 0.2) is 0 Å². The Hall–Kier alpha value is -1.41. The van der Waals surface area contributed by atoms with Crippen molar-refractivity contribution < 1.29 is 23.7 Å². The molecule has 2 amide bonds. The van der Waals surface area contributed by atoms with Gasteiger partial charge in [0, 0.05) is 31.7 Å². The maximum atomic E-state index is 13.9. The topological polar surface area (TPSA) is 93.7 Å². The highest BCUT2D eigenvalue weighted by molar-refractivity contribution is 6.47. The molecule has 1 saturated heterocycles. The highest BCUT2D eigenvalue weighted by Crippen LogP contribution is 2.65. The molecule has 0 aromatic heterocycles. The Bertz CT molecular complexity index is 926. The first-order chi connectivity index (χ1) is 20.9. The summed E-state index contributed by atoms with van der Waals surface area (Å²) in [5, 5.41) is 6.27. The fraction of sp³-hybridized carbons (Fsp3) is 0.917. The molecule has 6 atom stereocenters. The smallest absolute Gasteiger partial charge is 0.404 e. The summed E-state index contributed by atoms with van der Waals surface area (Å²) in [6.07, 6.45) is 15.5. The summed E-state index contributed by atoms with van der Waals surface area (Å²) >= 11 is 0. The number of carbonyl (C=O) groups excluding carboxylic acids is 3. The average molecular weight is 617 g/mol. The van der Waals surface area contributed by atoms with Gasteiger partial charge in [-0.2, -0.15) is 0 Å². The Balaban J connectivity index is 1.61. The molecule has 3 aliphatic carbocycles. The number of unbranched alkanes of at least 4 members (excludes halogenated alkanes) is 8. The van der Waals surface area contributed by atoms with Crippen molar-refractivity contribution >= 4 is 24.7 Å². The van der Waals surface area contributed by atoms with Crippen molar-refractivity contribution in [1.82, 2.24) is 10.6 Å². The van der Waals surface area contributed by atoms with E-state index in [1.54, 1.807) is 0 Å². The second-order valence-corrected chi connectivity index (χ2v) is 15.5. The average Bonchev–Trinajstić information content (AvgIpc) is 3.33. The normalized spacial score (nSPS) is 26.5. The van der Waals surface area contributed by atoms with E-state index in [4.69, 9.17) is 9.31 Å². The molecule has 4 rings (SSSR count). The number of nitrogens with one attached hydrogen (secondary N) is 2. The van der Waals surface area contributed by atoms with Gasteiger partial charge in [0.2, 0.25) is 11.8 Å². The molecule has 252 valence electrons. The zero-order valence-corrected chi connectivity index (χ0v) is 29.3. The van der Waals surface area contributed by atoms with Gasteiger partial charge in [-0.3, -0.25) is 14.4 Å². The zero-order chi connectivity index (χ0) is 32.3. The monoisotopic (exact) mass is 616 g/mol. The van der Waals surface area contributed by atoms with E-state index >= 15 is 0 Å². The standard InChI is InChI=1S/C36H65BN2O5/c1-8-10-12-13-14-15-16-18-29(40)23-27(19-20-33(41)38-21-17-11-9-2)34(42)39-32(22-26(3)4)37-43-31-25-28-24-30(35(28,5)6)36(31,7)44-37/h26-28,30-32H,8-25H2,1-7H3,(H,38,41)(H,39,42)/t27-,28-,30-,31-,32+,36+/m1/s1. The number of Topliss-reactive ketones (excluding diaryl/α,β-unsaturated/α-hetero) is 1. The highest BCUT2D eigenvalue weighted by Gasteiger charge is 2.68. The van der Waals surface area contributed by atoms with E-state index in [2.05, 4.69) is 59.1 Å². The third kappa shape index (κ3) is 10.0. The molecule has 44 heavy (non-hydrogen) atoms. The van der Waals surface area contributed by atoms with Crippen LogP contribution >= 0.6 is 0 Å². The first kappa shape index (κ1) is 37.1. The number of ketones is 1. The van der Waals surface area contributed by atoms with Crippen LogP contribution in [0.25, 0.3) is 0 Å². The molecule has 0 spiro atoms. The maximum absolute atomic E-state index is 13.9. The van der Waals surface area contributed by atoms with E-state index in [1.807, 2.05) is 0 Å². The van der Waals surface area contributed by atoms with Gasteiger partial charge >= 0.3 is 7.12 Å². The van der Waals surface area contributed by atoms with Crippen LogP contribution in [0.3, 0.4) is 0 Å². The molecule has 4 fully saturated rings. The second kappa shape index (κ2) is 17.5. The van der Waals surface area contributed by atoms with Gasteiger partial charge in [0.05, 0.1) is 17.6 Å². The van der Waals surface area contributed by atoms with Gasteiger partial charge in [0.15, 0.2) is 0 Å². The van der Waals surface area contributed by atoms with Gasteiger partial charge in [0.1, 0.15) is 5.78 Å². The van der Waals surface area contributed by atoms with Gasteiger partial charge in [-0.25, -0.2) is 0 Å². The lowest BCUT2D eigenvalue weighted by molar-refractivity contribution is -0.199. The fourth-order valence-electron chi connectivity index (χ4n) is 8.10. The summed E-state index contributed by atoms with van der Waals surface area (Å²) in [6, 6.07) is 0. The molecule has 4 aliphatic rings. The van der Waals surface area contributed by atoms with Crippen LogP contribution in [-0.2, 0) is 23.7 Å². The molecular formula is C36H65BN2O5. The number of hydrogen-bond acceptors (Lipinski definition) is 5. The van der Waals surface area contributed by atoms with Crippen molar-refractivity contribution in [2.45, 2.75) is 175 Å². The summed E-state index contributed by atoms with van der Waals surface area (Å²) in [6.45, 7) is 16.2. The van der Waals surface area contributed by atoms with E-state index in [-0.39, 0.29) is 53.5 Å². The first-order valence-electron chi connectivity index (χ1n) is 18.3. The summed E-state index contributed by atoms with van der Waals surface area (Å²) in [5.41, 5.74) is -0.0942. The summed E-state index contributed by atoms with van der Waals surface area (Å²) in [5.74, 6) is 0.536. The SMILES string of the molecule is CCCCCCCCCC(=O)C[C@@H](CCC(=O)NCCCCC)C(=O)N[C@@H](CC(C)C)B1O[C@@H]2C[C@H]3C[C@H](C3(C)C)[C@]2(C)O1. The van der Waals surface area contributed by atoms with Crippen molar-refractivity contribution in [3.8, 4) is 0 Å². The van der Waals surface area contributed by atoms with Crippen LogP contribution in [0.4, 0.5) is 0 Å². The van der Waals surface area contributed by atoms with Crippen molar-refractivity contribution in [3.05, 3.63) is 0 Å². The Labute approximate surface area is 269 Å². The molecule has 2 N–H and O–H groups in total. The largest absolute Gasteiger partial charge is 0.481 e. The van der Waals surface area contributed by atoms with E-state index in [0.717, 1.165) is 51.4 Å². The van der Waals surface area contributed by atoms with Crippen LogP contribution in [0.2, 0.25) is 0 Å². The zero-order valence-electron chi connectivity index (χ0n) is 29.3. The molecule has 1 heterocycles. The second-order valence-electron chi connectivity index (χ2n) is 15.5. The van der Waals surface area contributed by atoms with Gasteiger partial charge in [-0.1, -0.05) is 92.9 Å².